The summed E-state index contributed by atoms with van der Waals surface area (Å²) in [6.07, 6.45) is -1.94. The second-order valence-corrected chi connectivity index (χ2v) is 8.27. The van der Waals surface area contributed by atoms with Crippen molar-refractivity contribution in [2.45, 2.75) is 71.7 Å². The van der Waals surface area contributed by atoms with Gasteiger partial charge in [0.15, 0.2) is 0 Å². The summed E-state index contributed by atoms with van der Waals surface area (Å²) >= 11 is 0. The molecule has 1 aromatic carbocycles. The van der Waals surface area contributed by atoms with Crippen molar-refractivity contribution in [3.8, 4) is 5.75 Å². The number of anilines is 1. The second kappa shape index (κ2) is 11.9. The van der Waals surface area contributed by atoms with E-state index in [4.69, 9.17) is 19.9 Å². The SMILES string of the molecule is CC(C)Nc1ccc(COC(=O)C(C)C)cc1OC1CC(O)CC(C(=O)NCCN)O1. The molecule has 9 heteroatoms. The van der Waals surface area contributed by atoms with E-state index in [2.05, 4.69) is 10.6 Å². The van der Waals surface area contributed by atoms with Crippen molar-refractivity contribution in [2.75, 3.05) is 18.4 Å². The van der Waals surface area contributed by atoms with Crippen molar-refractivity contribution in [3.63, 3.8) is 0 Å². The molecule has 5 N–H and O–H groups in total. The Kier molecular flexibility index (Phi) is 9.54. The first-order valence-corrected chi connectivity index (χ1v) is 10.7. The van der Waals surface area contributed by atoms with Gasteiger partial charge in [-0.1, -0.05) is 19.9 Å². The van der Waals surface area contributed by atoms with Crippen LogP contribution in [0.1, 0.15) is 46.1 Å². The van der Waals surface area contributed by atoms with E-state index in [9.17, 15) is 14.7 Å². The van der Waals surface area contributed by atoms with Gasteiger partial charge >= 0.3 is 5.97 Å². The van der Waals surface area contributed by atoms with Gasteiger partial charge in [0.2, 0.25) is 12.2 Å². The van der Waals surface area contributed by atoms with E-state index in [1.54, 1.807) is 19.9 Å². The molecule has 1 amide bonds. The maximum absolute atomic E-state index is 12.3. The molecule has 1 aliphatic rings. The Morgan fingerprint density at radius 2 is 2.00 bits per heavy atom. The molecule has 3 unspecified atom stereocenters. The molecule has 3 atom stereocenters. The van der Waals surface area contributed by atoms with Crippen molar-refractivity contribution in [2.24, 2.45) is 11.7 Å². The lowest BCUT2D eigenvalue weighted by molar-refractivity contribution is -0.184. The number of carbonyl (C=O) groups excluding carboxylic acids is 2. The number of nitrogens with one attached hydrogen (secondary N) is 2. The normalized spacial score (nSPS) is 21.1. The minimum atomic E-state index is -0.822. The van der Waals surface area contributed by atoms with Crippen LogP contribution < -0.4 is 21.1 Å². The molecule has 1 heterocycles. The van der Waals surface area contributed by atoms with E-state index in [1.165, 1.54) is 0 Å². The predicted octanol–water partition coefficient (Wildman–Crippen LogP) is 1.53. The van der Waals surface area contributed by atoms with Crippen molar-refractivity contribution in [3.05, 3.63) is 23.8 Å². The molecule has 0 aromatic heterocycles. The second-order valence-electron chi connectivity index (χ2n) is 8.27. The molecule has 0 aliphatic carbocycles. The number of ether oxygens (including phenoxy) is 3. The smallest absolute Gasteiger partial charge is 0.308 e. The van der Waals surface area contributed by atoms with Crippen LogP contribution in [0.15, 0.2) is 18.2 Å². The lowest BCUT2D eigenvalue weighted by Gasteiger charge is -2.33. The number of aliphatic hydroxyl groups is 1. The first-order valence-electron chi connectivity index (χ1n) is 10.7. The maximum atomic E-state index is 12.3. The van der Waals surface area contributed by atoms with Gasteiger partial charge in [0, 0.05) is 32.0 Å². The zero-order valence-electron chi connectivity index (χ0n) is 18.7. The van der Waals surface area contributed by atoms with Crippen LogP contribution in [0.25, 0.3) is 0 Å². The fourth-order valence-corrected chi connectivity index (χ4v) is 3.06. The summed E-state index contributed by atoms with van der Waals surface area (Å²) in [6.45, 7) is 8.32. The van der Waals surface area contributed by atoms with E-state index in [0.29, 0.717) is 18.8 Å². The minimum absolute atomic E-state index is 0.119. The Balaban J connectivity index is 2.14. The van der Waals surface area contributed by atoms with Crippen LogP contribution in [-0.2, 0) is 25.7 Å². The number of aliphatic hydroxyl groups excluding tert-OH is 1. The standard InChI is InChI=1S/C22H35N3O6/c1-13(2)22(28)29-12-15-5-6-17(25-14(3)4)18(9-15)30-20-11-16(26)10-19(31-20)21(27)24-8-7-23/h5-6,9,13-14,16,19-20,25-26H,7-8,10-12,23H2,1-4H3,(H,24,27). The van der Waals surface area contributed by atoms with Crippen LogP contribution in [-0.4, -0.2) is 54.6 Å². The largest absolute Gasteiger partial charge is 0.463 e. The molecule has 1 aliphatic heterocycles. The number of rotatable bonds is 10. The molecule has 0 spiro atoms. The number of hydrogen-bond acceptors (Lipinski definition) is 8. The Morgan fingerprint density at radius 3 is 2.65 bits per heavy atom. The monoisotopic (exact) mass is 437 g/mol. The van der Waals surface area contributed by atoms with E-state index < -0.39 is 18.5 Å². The average molecular weight is 438 g/mol. The molecule has 174 valence electrons. The highest BCUT2D eigenvalue weighted by Gasteiger charge is 2.34. The predicted molar refractivity (Wildman–Crippen MR) is 116 cm³/mol. The van der Waals surface area contributed by atoms with E-state index >= 15 is 0 Å². The Bertz CT molecular complexity index is 740. The molecule has 31 heavy (non-hydrogen) atoms. The summed E-state index contributed by atoms with van der Waals surface area (Å²) in [4.78, 5) is 24.0. The highest BCUT2D eigenvalue weighted by molar-refractivity contribution is 5.80. The Labute approximate surface area is 183 Å². The quantitative estimate of drug-likeness (QED) is 0.405. The third kappa shape index (κ3) is 8.01. The van der Waals surface area contributed by atoms with Crippen LogP contribution in [0.5, 0.6) is 5.75 Å². The van der Waals surface area contributed by atoms with Crippen LogP contribution in [0, 0.1) is 5.92 Å². The third-order valence-corrected chi connectivity index (χ3v) is 4.60. The number of hydrogen-bond donors (Lipinski definition) is 4. The van der Waals surface area contributed by atoms with Gasteiger partial charge in [-0.25, -0.2) is 0 Å². The van der Waals surface area contributed by atoms with E-state index in [-0.39, 0.29) is 43.3 Å². The minimum Gasteiger partial charge on any atom is -0.463 e. The molecular weight excluding hydrogens is 402 g/mol. The van der Waals surface area contributed by atoms with Gasteiger partial charge < -0.3 is 35.7 Å². The van der Waals surface area contributed by atoms with E-state index in [0.717, 1.165) is 11.3 Å². The first kappa shape index (κ1) is 24.9. The van der Waals surface area contributed by atoms with Crippen molar-refractivity contribution in [1.29, 1.82) is 0 Å². The molecule has 0 bridgehead atoms. The average Bonchev–Trinajstić information content (AvgIpc) is 2.70. The molecule has 1 fully saturated rings. The summed E-state index contributed by atoms with van der Waals surface area (Å²) in [5.41, 5.74) is 6.92. The lowest BCUT2D eigenvalue weighted by Crippen LogP contribution is -2.47. The van der Waals surface area contributed by atoms with Gasteiger partial charge in [-0.05, 0) is 31.5 Å². The van der Waals surface area contributed by atoms with Gasteiger partial charge in [0.25, 0.3) is 0 Å². The maximum Gasteiger partial charge on any atom is 0.308 e. The third-order valence-electron chi connectivity index (χ3n) is 4.60. The lowest BCUT2D eigenvalue weighted by atomic mass is 10.0. The molecule has 1 saturated heterocycles. The highest BCUT2D eigenvalue weighted by Crippen LogP contribution is 2.31. The number of carbonyl (C=O) groups is 2. The topological polar surface area (TPSA) is 132 Å². The fraction of sp³-hybridized carbons (Fsp3) is 0.636. The van der Waals surface area contributed by atoms with Crippen molar-refractivity contribution in [1.82, 2.24) is 5.32 Å². The number of nitrogens with two attached hydrogens (primary N) is 1. The van der Waals surface area contributed by atoms with Crippen LogP contribution in [0.3, 0.4) is 0 Å². The van der Waals surface area contributed by atoms with Crippen LogP contribution >= 0.6 is 0 Å². The molecule has 0 saturated carbocycles. The van der Waals surface area contributed by atoms with Gasteiger partial charge in [0.05, 0.1) is 17.7 Å². The first-order chi connectivity index (χ1) is 14.7. The zero-order chi connectivity index (χ0) is 23.0. The highest BCUT2D eigenvalue weighted by atomic mass is 16.7. The van der Waals surface area contributed by atoms with Gasteiger partial charge in [-0.2, -0.15) is 0 Å². The number of benzene rings is 1. The summed E-state index contributed by atoms with van der Waals surface area (Å²) < 4.78 is 17.2. The fourth-order valence-electron chi connectivity index (χ4n) is 3.06. The Morgan fingerprint density at radius 1 is 1.26 bits per heavy atom. The van der Waals surface area contributed by atoms with Crippen molar-refractivity contribution < 1.29 is 28.9 Å². The summed E-state index contributed by atoms with van der Waals surface area (Å²) in [5, 5.41) is 16.2. The molecule has 1 aromatic rings. The summed E-state index contributed by atoms with van der Waals surface area (Å²) in [6, 6.07) is 5.62. The number of esters is 1. The molecule has 0 radical (unpaired) electrons. The molecule has 2 rings (SSSR count). The molecular formula is C22H35N3O6. The zero-order valence-corrected chi connectivity index (χ0v) is 18.7. The van der Waals surface area contributed by atoms with Gasteiger partial charge in [-0.3, -0.25) is 9.59 Å². The van der Waals surface area contributed by atoms with Gasteiger partial charge in [0.1, 0.15) is 18.5 Å². The van der Waals surface area contributed by atoms with E-state index in [1.807, 2.05) is 26.0 Å². The van der Waals surface area contributed by atoms with Crippen LogP contribution in [0.4, 0.5) is 5.69 Å². The Hall–Kier alpha value is -2.36. The molecule has 9 nitrogen and oxygen atoms in total. The van der Waals surface area contributed by atoms with Crippen LogP contribution in [0.2, 0.25) is 0 Å². The number of amides is 1. The summed E-state index contributed by atoms with van der Waals surface area (Å²) in [5.74, 6) is -0.325. The summed E-state index contributed by atoms with van der Waals surface area (Å²) in [7, 11) is 0. The van der Waals surface area contributed by atoms with Gasteiger partial charge in [-0.15, -0.1) is 0 Å². The van der Waals surface area contributed by atoms with Crippen molar-refractivity contribution >= 4 is 17.6 Å².